The third-order valence-electron chi connectivity index (χ3n) is 2.35. The molecule has 7 heteroatoms. The second kappa shape index (κ2) is 5.41. The first-order valence-corrected chi connectivity index (χ1v) is 5.92. The van der Waals surface area contributed by atoms with Crippen molar-refractivity contribution in [3.8, 4) is 5.69 Å². The van der Waals surface area contributed by atoms with Crippen LogP contribution in [0.2, 0.25) is 5.02 Å². The Hall–Kier alpha value is -1.53. The molecule has 1 aromatic carbocycles. The Bertz CT molecular complexity index is 520. The average Bonchev–Trinajstić information content (AvgIpc) is 2.74. The first-order chi connectivity index (χ1) is 8.59. The van der Waals surface area contributed by atoms with Crippen molar-refractivity contribution in [1.29, 1.82) is 0 Å². The van der Waals surface area contributed by atoms with Crippen molar-refractivity contribution in [2.45, 2.75) is 26.4 Å². The highest BCUT2D eigenvalue weighted by molar-refractivity contribution is 6.32. The molecule has 0 aliphatic carbocycles. The fourth-order valence-electron chi connectivity index (χ4n) is 1.48. The SMILES string of the molecule is CC(C)NCc1nnnn1-c1c(F)cccc1Cl. The minimum atomic E-state index is -0.458. The van der Waals surface area contributed by atoms with E-state index in [9.17, 15) is 4.39 Å². The predicted octanol–water partition coefficient (Wildman–Crippen LogP) is 1.95. The van der Waals surface area contributed by atoms with Crippen molar-refractivity contribution in [2.75, 3.05) is 0 Å². The molecule has 0 aliphatic rings. The van der Waals surface area contributed by atoms with Crippen molar-refractivity contribution in [1.82, 2.24) is 25.5 Å². The summed E-state index contributed by atoms with van der Waals surface area (Å²) in [6.07, 6.45) is 0. The molecule has 0 saturated carbocycles. The highest BCUT2D eigenvalue weighted by atomic mass is 35.5. The van der Waals surface area contributed by atoms with Gasteiger partial charge in [0.1, 0.15) is 5.69 Å². The van der Waals surface area contributed by atoms with Gasteiger partial charge in [-0.15, -0.1) is 5.10 Å². The molecule has 0 spiro atoms. The lowest BCUT2D eigenvalue weighted by Crippen LogP contribution is -2.24. The zero-order chi connectivity index (χ0) is 13.1. The number of hydrogen-bond donors (Lipinski definition) is 1. The molecule has 18 heavy (non-hydrogen) atoms. The lowest BCUT2D eigenvalue weighted by molar-refractivity contribution is 0.555. The summed E-state index contributed by atoms with van der Waals surface area (Å²) in [4.78, 5) is 0. The molecule has 96 valence electrons. The van der Waals surface area contributed by atoms with Gasteiger partial charge in [-0.1, -0.05) is 31.5 Å². The highest BCUT2D eigenvalue weighted by Gasteiger charge is 2.15. The summed E-state index contributed by atoms with van der Waals surface area (Å²) in [6.45, 7) is 4.45. The van der Waals surface area contributed by atoms with E-state index in [1.807, 2.05) is 13.8 Å². The molecular formula is C11H13ClFN5. The molecule has 0 amide bonds. The van der Waals surface area contributed by atoms with E-state index in [4.69, 9.17) is 11.6 Å². The fourth-order valence-corrected chi connectivity index (χ4v) is 1.72. The second-order valence-electron chi connectivity index (χ2n) is 4.11. The van der Waals surface area contributed by atoms with E-state index in [0.29, 0.717) is 12.4 Å². The fraction of sp³-hybridized carbons (Fsp3) is 0.364. The Labute approximate surface area is 109 Å². The van der Waals surface area contributed by atoms with Crippen LogP contribution in [0.1, 0.15) is 19.7 Å². The maximum atomic E-state index is 13.8. The van der Waals surface area contributed by atoms with E-state index in [2.05, 4.69) is 20.8 Å². The zero-order valence-electron chi connectivity index (χ0n) is 10.1. The minimum absolute atomic E-state index is 0.171. The number of rotatable bonds is 4. The second-order valence-corrected chi connectivity index (χ2v) is 4.52. The summed E-state index contributed by atoms with van der Waals surface area (Å²) >= 11 is 5.98. The van der Waals surface area contributed by atoms with Crippen LogP contribution in [0.3, 0.4) is 0 Å². The summed E-state index contributed by atoms with van der Waals surface area (Å²) in [5, 5.41) is 14.6. The van der Waals surface area contributed by atoms with Gasteiger partial charge in [0.25, 0.3) is 0 Å². The number of para-hydroxylation sites is 1. The molecular weight excluding hydrogens is 257 g/mol. The first kappa shape index (κ1) is 12.9. The molecule has 0 unspecified atom stereocenters. The summed E-state index contributed by atoms with van der Waals surface area (Å²) < 4.78 is 15.1. The number of hydrogen-bond acceptors (Lipinski definition) is 4. The molecule has 1 heterocycles. The average molecular weight is 270 g/mol. The largest absolute Gasteiger partial charge is 0.308 e. The van der Waals surface area contributed by atoms with Crippen LogP contribution < -0.4 is 5.32 Å². The monoisotopic (exact) mass is 269 g/mol. The lowest BCUT2D eigenvalue weighted by atomic mass is 10.3. The van der Waals surface area contributed by atoms with Gasteiger partial charge in [-0.05, 0) is 22.6 Å². The number of nitrogens with zero attached hydrogens (tertiary/aromatic N) is 4. The van der Waals surface area contributed by atoms with Crippen LogP contribution in [0, 0.1) is 5.82 Å². The molecule has 0 atom stereocenters. The Morgan fingerprint density at radius 2 is 2.22 bits per heavy atom. The predicted molar refractivity (Wildman–Crippen MR) is 66.1 cm³/mol. The maximum absolute atomic E-state index is 13.8. The van der Waals surface area contributed by atoms with Gasteiger partial charge in [0.05, 0.1) is 11.6 Å². The van der Waals surface area contributed by atoms with Crippen LogP contribution in [0.25, 0.3) is 5.69 Å². The van der Waals surface area contributed by atoms with E-state index < -0.39 is 5.82 Å². The van der Waals surface area contributed by atoms with Crippen LogP contribution in [0.15, 0.2) is 18.2 Å². The number of benzene rings is 1. The van der Waals surface area contributed by atoms with Crippen molar-refractivity contribution in [3.63, 3.8) is 0 Å². The van der Waals surface area contributed by atoms with Crippen molar-refractivity contribution in [3.05, 3.63) is 34.9 Å². The van der Waals surface area contributed by atoms with Crippen LogP contribution in [-0.2, 0) is 6.54 Å². The van der Waals surface area contributed by atoms with Crippen LogP contribution in [0.5, 0.6) is 0 Å². The molecule has 1 N–H and O–H groups in total. The molecule has 2 rings (SSSR count). The molecule has 0 saturated heterocycles. The van der Waals surface area contributed by atoms with Gasteiger partial charge < -0.3 is 5.32 Å². The van der Waals surface area contributed by atoms with Gasteiger partial charge in [0.15, 0.2) is 11.6 Å². The smallest absolute Gasteiger partial charge is 0.170 e. The molecule has 1 aromatic heterocycles. The highest BCUT2D eigenvalue weighted by Crippen LogP contribution is 2.23. The van der Waals surface area contributed by atoms with Crippen LogP contribution in [-0.4, -0.2) is 26.2 Å². The van der Waals surface area contributed by atoms with Gasteiger partial charge >= 0.3 is 0 Å². The van der Waals surface area contributed by atoms with Crippen molar-refractivity contribution < 1.29 is 4.39 Å². The van der Waals surface area contributed by atoms with Crippen molar-refractivity contribution >= 4 is 11.6 Å². The summed E-state index contributed by atoms with van der Waals surface area (Å²) in [6, 6.07) is 4.74. The molecule has 0 radical (unpaired) electrons. The minimum Gasteiger partial charge on any atom is -0.308 e. The molecule has 2 aromatic rings. The van der Waals surface area contributed by atoms with Gasteiger partial charge in [-0.3, -0.25) is 0 Å². The first-order valence-electron chi connectivity index (χ1n) is 5.54. The third kappa shape index (κ3) is 2.65. The topological polar surface area (TPSA) is 55.6 Å². The quantitative estimate of drug-likeness (QED) is 0.922. The number of nitrogens with one attached hydrogen (secondary N) is 1. The molecule has 0 fully saturated rings. The van der Waals surface area contributed by atoms with E-state index in [1.165, 1.54) is 16.8 Å². The number of aromatic nitrogens is 4. The maximum Gasteiger partial charge on any atom is 0.170 e. The van der Waals surface area contributed by atoms with Gasteiger partial charge in [0.2, 0.25) is 0 Å². The Morgan fingerprint density at radius 3 is 2.89 bits per heavy atom. The Morgan fingerprint density at radius 1 is 1.44 bits per heavy atom. The summed E-state index contributed by atoms with van der Waals surface area (Å²) in [5.41, 5.74) is 0.171. The van der Waals surface area contributed by atoms with E-state index in [0.717, 1.165) is 0 Å². The van der Waals surface area contributed by atoms with Crippen LogP contribution in [0.4, 0.5) is 4.39 Å². The van der Waals surface area contributed by atoms with Crippen molar-refractivity contribution in [2.24, 2.45) is 0 Å². The summed E-state index contributed by atoms with van der Waals surface area (Å²) in [7, 11) is 0. The Balaban J connectivity index is 2.36. The standard InChI is InChI=1S/C11H13ClFN5/c1-7(2)14-6-10-15-16-17-18(10)11-8(12)4-3-5-9(11)13/h3-5,7,14H,6H2,1-2H3. The normalized spacial score (nSPS) is 11.2. The van der Waals surface area contributed by atoms with Gasteiger partial charge in [-0.2, -0.15) is 4.68 Å². The number of tetrazole rings is 1. The zero-order valence-corrected chi connectivity index (χ0v) is 10.8. The Kier molecular flexibility index (Phi) is 3.88. The van der Waals surface area contributed by atoms with E-state index in [1.54, 1.807) is 6.07 Å². The molecule has 5 nitrogen and oxygen atoms in total. The van der Waals surface area contributed by atoms with Gasteiger partial charge in [-0.25, -0.2) is 4.39 Å². The molecule has 0 bridgehead atoms. The lowest BCUT2D eigenvalue weighted by Gasteiger charge is -2.09. The van der Waals surface area contributed by atoms with Gasteiger partial charge in [0, 0.05) is 6.04 Å². The molecule has 0 aliphatic heterocycles. The van der Waals surface area contributed by atoms with E-state index in [-0.39, 0.29) is 16.8 Å². The van der Waals surface area contributed by atoms with E-state index >= 15 is 0 Å². The van der Waals surface area contributed by atoms with Crippen LogP contribution >= 0.6 is 11.6 Å². The number of halogens is 2. The third-order valence-corrected chi connectivity index (χ3v) is 2.66. The summed E-state index contributed by atoms with van der Waals surface area (Å²) in [5.74, 6) is 0.0521.